The minimum absolute atomic E-state index is 0.291. The zero-order valence-electron chi connectivity index (χ0n) is 11.3. The summed E-state index contributed by atoms with van der Waals surface area (Å²) in [7, 11) is 0. The van der Waals surface area contributed by atoms with Crippen LogP contribution in [0.1, 0.15) is 29.6 Å². The number of H-pyrrole nitrogens is 1. The van der Waals surface area contributed by atoms with Crippen molar-refractivity contribution >= 4 is 0 Å². The molecule has 2 heterocycles. The normalized spacial score (nSPS) is 12.1. The fraction of sp³-hybridized carbons (Fsp3) is 0.500. The highest BCUT2D eigenvalue weighted by molar-refractivity contribution is 5.16. The van der Waals surface area contributed by atoms with Crippen LogP contribution in [0.25, 0.3) is 0 Å². The zero-order chi connectivity index (χ0) is 14.8. The maximum absolute atomic E-state index is 12.4. The lowest BCUT2D eigenvalue weighted by atomic mass is 10.2. The average Bonchev–Trinajstić information content (AvgIpc) is 2.96. The van der Waals surface area contributed by atoms with Crippen molar-refractivity contribution in [3.63, 3.8) is 0 Å². The van der Waals surface area contributed by atoms with E-state index in [9.17, 15) is 13.2 Å². The van der Waals surface area contributed by atoms with Gasteiger partial charge in [-0.1, -0.05) is 0 Å². The van der Waals surface area contributed by atoms with Crippen molar-refractivity contribution in [2.24, 2.45) is 0 Å². The molecule has 0 aliphatic rings. The topological polar surface area (TPSA) is 58.5 Å². The van der Waals surface area contributed by atoms with Gasteiger partial charge in [0.15, 0.2) is 5.69 Å². The third kappa shape index (κ3) is 3.38. The molecule has 20 heavy (non-hydrogen) atoms. The SMILES string of the molecule is CCn1cc(CNCc2cc(C(F)(F)F)n[nH]2)c(C)n1. The van der Waals surface area contributed by atoms with E-state index in [4.69, 9.17) is 0 Å². The summed E-state index contributed by atoms with van der Waals surface area (Å²) in [6.07, 6.45) is -2.48. The van der Waals surface area contributed by atoms with E-state index in [0.29, 0.717) is 18.8 Å². The minimum atomic E-state index is -4.41. The first-order valence-corrected chi connectivity index (χ1v) is 6.25. The molecular formula is C12H16F3N5. The van der Waals surface area contributed by atoms with Gasteiger partial charge in [0.2, 0.25) is 0 Å². The van der Waals surface area contributed by atoms with E-state index in [1.807, 2.05) is 24.7 Å². The molecule has 2 aromatic rings. The number of rotatable bonds is 5. The highest BCUT2D eigenvalue weighted by atomic mass is 19.4. The molecule has 2 aromatic heterocycles. The van der Waals surface area contributed by atoms with Gasteiger partial charge < -0.3 is 5.32 Å². The summed E-state index contributed by atoms with van der Waals surface area (Å²) >= 11 is 0. The molecule has 0 fully saturated rings. The van der Waals surface area contributed by atoms with Crippen molar-refractivity contribution in [1.82, 2.24) is 25.3 Å². The summed E-state index contributed by atoms with van der Waals surface area (Å²) in [5, 5.41) is 13.0. The Morgan fingerprint density at radius 3 is 2.65 bits per heavy atom. The van der Waals surface area contributed by atoms with Gasteiger partial charge in [-0.15, -0.1) is 0 Å². The van der Waals surface area contributed by atoms with Gasteiger partial charge in [-0.3, -0.25) is 9.78 Å². The molecule has 0 radical (unpaired) electrons. The number of nitrogens with zero attached hydrogens (tertiary/aromatic N) is 3. The van der Waals surface area contributed by atoms with Gasteiger partial charge in [0.25, 0.3) is 0 Å². The summed E-state index contributed by atoms with van der Waals surface area (Å²) < 4.78 is 38.9. The van der Waals surface area contributed by atoms with Gasteiger partial charge in [-0.25, -0.2) is 0 Å². The molecule has 110 valence electrons. The van der Waals surface area contributed by atoms with Crippen molar-refractivity contribution in [2.75, 3.05) is 0 Å². The van der Waals surface area contributed by atoms with Crippen LogP contribution in [0.3, 0.4) is 0 Å². The molecule has 2 N–H and O–H groups in total. The second-order valence-electron chi connectivity index (χ2n) is 4.48. The summed E-state index contributed by atoms with van der Waals surface area (Å²) in [6, 6.07) is 1.01. The van der Waals surface area contributed by atoms with Crippen LogP contribution in [-0.2, 0) is 25.8 Å². The Morgan fingerprint density at radius 2 is 2.10 bits per heavy atom. The van der Waals surface area contributed by atoms with Gasteiger partial charge in [0.1, 0.15) is 0 Å². The lowest BCUT2D eigenvalue weighted by Gasteiger charge is -2.01. The van der Waals surface area contributed by atoms with Crippen LogP contribution in [0, 0.1) is 6.92 Å². The van der Waals surface area contributed by atoms with Gasteiger partial charge in [-0.2, -0.15) is 23.4 Å². The van der Waals surface area contributed by atoms with Crippen molar-refractivity contribution in [1.29, 1.82) is 0 Å². The molecular weight excluding hydrogens is 271 g/mol. The van der Waals surface area contributed by atoms with Crippen LogP contribution in [0.15, 0.2) is 12.3 Å². The summed E-state index contributed by atoms with van der Waals surface area (Å²) in [5.41, 5.74) is 1.45. The Hall–Kier alpha value is -1.83. The summed E-state index contributed by atoms with van der Waals surface area (Å²) in [6.45, 7) is 5.52. The number of alkyl halides is 3. The summed E-state index contributed by atoms with van der Waals surface area (Å²) in [4.78, 5) is 0. The molecule has 0 saturated heterocycles. The number of aromatic amines is 1. The lowest BCUT2D eigenvalue weighted by Crippen LogP contribution is -2.13. The van der Waals surface area contributed by atoms with E-state index >= 15 is 0 Å². The molecule has 0 aromatic carbocycles. The molecule has 0 unspecified atom stereocenters. The Bertz CT molecular complexity index is 570. The molecule has 8 heteroatoms. The first kappa shape index (κ1) is 14.6. The number of hydrogen-bond acceptors (Lipinski definition) is 3. The first-order valence-electron chi connectivity index (χ1n) is 6.25. The number of nitrogens with one attached hydrogen (secondary N) is 2. The Balaban J connectivity index is 1.89. The van der Waals surface area contributed by atoms with E-state index in [2.05, 4.69) is 20.6 Å². The second kappa shape index (κ2) is 5.66. The molecule has 0 aliphatic heterocycles. The molecule has 0 bridgehead atoms. The number of halogens is 3. The summed E-state index contributed by atoms with van der Waals surface area (Å²) in [5.74, 6) is 0. The highest BCUT2D eigenvalue weighted by Crippen LogP contribution is 2.27. The second-order valence-corrected chi connectivity index (χ2v) is 4.48. The van der Waals surface area contributed by atoms with Crippen molar-refractivity contribution < 1.29 is 13.2 Å². The van der Waals surface area contributed by atoms with Crippen LogP contribution in [0.2, 0.25) is 0 Å². The van der Waals surface area contributed by atoms with Gasteiger partial charge in [0, 0.05) is 37.1 Å². The van der Waals surface area contributed by atoms with Crippen molar-refractivity contribution in [3.8, 4) is 0 Å². The Kier molecular flexibility index (Phi) is 4.12. The fourth-order valence-electron chi connectivity index (χ4n) is 1.82. The zero-order valence-corrected chi connectivity index (χ0v) is 11.3. The predicted molar refractivity (Wildman–Crippen MR) is 66.8 cm³/mol. The third-order valence-electron chi connectivity index (χ3n) is 2.92. The smallest absolute Gasteiger partial charge is 0.307 e. The fourth-order valence-corrected chi connectivity index (χ4v) is 1.82. The van der Waals surface area contributed by atoms with Crippen LogP contribution in [0.4, 0.5) is 13.2 Å². The molecule has 0 saturated carbocycles. The van der Waals surface area contributed by atoms with Crippen LogP contribution < -0.4 is 5.32 Å². The average molecular weight is 287 g/mol. The van der Waals surface area contributed by atoms with Crippen molar-refractivity contribution in [3.05, 3.63) is 34.9 Å². The molecule has 2 rings (SSSR count). The Morgan fingerprint density at radius 1 is 1.35 bits per heavy atom. The van der Waals surface area contributed by atoms with Gasteiger partial charge in [-0.05, 0) is 19.9 Å². The van der Waals surface area contributed by atoms with Crippen LogP contribution in [0.5, 0.6) is 0 Å². The highest BCUT2D eigenvalue weighted by Gasteiger charge is 2.33. The first-order chi connectivity index (χ1) is 9.40. The monoisotopic (exact) mass is 287 g/mol. The molecule has 5 nitrogen and oxygen atoms in total. The number of aryl methyl sites for hydroxylation is 2. The van der Waals surface area contributed by atoms with Crippen molar-refractivity contribution in [2.45, 2.75) is 39.7 Å². The maximum atomic E-state index is 12.4. The van der Waals surface area contributed by atoms with E-state index in [0.717, 1.165) is 23.9 Å². The van der Waals surface area contributed by atoms with E-state index in [1.54, 1.807) is 0 Å². The Labute approximate surface area is 114 Å². The van der Waals surface area contributed by atoms with E-state index in [-0.39, 0.29) is 0 Å². The minimum Gasteiger partial charge on any atom is -0.307 e. The van der Waals surface area contributed by atoms with Gasteiger partial charge in [0.05, 0.1) is 5.69 Å². The molecule has 0 spiro atoms. The quantitative estimate of drug-likeness (QED) is 0.886. The maximum Gasteiger partial charge on any atom is 0.435 e. The standard InChI is InChI=1S/C12H16F3N5/c1-3-20-7-9(8(2)19-20)5-16-6-10-4-11(18-17-10)12(13,14)15/h4,7,16H,3,5-6H2,1-2H3,(H,17,18). The molecule has 0 amide bonds. The van der Waals surface area contributed by atoms with E-state index < -0.39 is 11.9 Å². The number of hydrogen-bond donors (Lipinski definition) is 2. The largest absolute Gasteiger partial charge is 0.435 e. The number of aromatic nitrogens is 4. The predicted octanol–water partition coefficient (Wildman–Crippen LogP) is 2.24. The van der Waals surface area contributed by atoms with Crippen LogP contribution >= 0.6 is 0 Å². The van der Waals surface area contributed by atoms with Crippen LogP contribution in [-0.4, -0.2) is 20.0 Å². The molecule has 0 atom stereocenters. The molecule has 0 aliphatic carbocycles. The lowest BCUT2D eigenvalue weighted by molar-refractivity contribution is -0.141. The van der Waals surface area contributed by atoms with E-state index in [1.165, 1.54) is 0 Å². The van der Waals surface area contributed by atoms with Gasteiger partial charge >= 0.3 is 6.18 Å². The third-order valence-corrected chi connectivity index (χ3v) is 2.92.